The Hall–Kier alpha value is -1.01. The Morgan fingerprint density at radius 3 is 2.88 bits per heavy atom. The van der Waals surface area contributed by atoms with E-state index in [0.717, 1.165) is 6.42 Å². The zero-order valence-corrected chi connectivity index (χ0v) is 11.2. The lowest BCUT2D eigenvalue weighted by atomic mass is 10.2. The van der Waals surface area contributed by atoms with Crippen molar-refractivity contribution >= 4 is 23.6 Å². The van der Waals surface area contributed by atoms with Gasteiger partial charge in [-0.1, -0.05) is 13.0 Å². The second-order valence-corrected chi connectivity index (χ2v) is 4.76. The van der Waals surface area contributed by atoms with Crippen LogP contribution in [0.2, 0.25) is 0 Å². The molecule has 1 heterocycles. The SMILES string of the molecule is CC/C=C(\C)C(=O)N1CSCC1C(=O)NOC. The van der Waals surface area contributed by atoms with Crippen LogP contribution in [-0.2, 0) is 14.4 Å². The molecule has 2 amide bonds. The maximum absolute atomic E-state index is 12.1. The van der Waals surface area contributed by atoms with E-state index in [2.05, 4.69) is 10.3 Å². The zero-order valence-electron chi connectivity index (χ0n) is 10.4. The average Bonchev–Trinajstić information content (AvgIpc) is 2.77. The van der Waals surface area contributed by atoms with Gasteiger partial charge in [0, 0.05) is 11.3 Å². The summed E-state index contributed by atoms with van der Waals surface area (Å²) < 4.78 is 0. The van der Waals surface area contributed by atoms with Crippen LogP contribution in [0.25, 0.3) is 0 Å². The van der Waals surface area contributed by atoms with E-state index in [-0.39, 0.29) is 11.8 Å². The summed E-state index contributed by atoms with van der Waals surface area (Å²) in [6.45, 7) is 3.75. The van der Waals surface area contributed by atoms with Crippen molar-refractivity contribution in [3.63, 3.8) is 0 Å². The lowest BCUT2D eigenvalue weighted by Crippen LogP contribution is -2.47. The van der Waals surface area contributed by atoms with Crippen molar-refractivity contribution in [3.8, 4) is 0 Å². The van der Waals surface area contributed by atoms with Gasteiger partial charge in [0.2, 0.25) is 0 Å². The third kappa shape index (κ3) is 3.47. The molecule has 1 aliphatic heterocycles. The lowest BCUT2D eigenvalue weighted by Gasteiger charge is -2.22. The van der Waals surface area contributed by atoms with Gasteiger partial charge in [-0.2, -0.15) is 0 Å². The number of hydrogen-bond donors (Lipinski definition) is 1. The molecule has 6 heteroatoms. The molecule has 1 atom stereocenters. The summed E-state index contributed by atoms with van der Waals surface area (Å²) in [5.74, 6) is 0.818. The fourth-order valence-electron chi connectivity index (χ4n) is 1.65. The maximum atomic E-state index is 12.1. The van der Waals surface area contributed by atoms with Crippen LogP contribution in [-0.4, -0.2) is 41.5 Å². The van der Waals surface area contributed by atoms with E-state index in [1.807, 2.05) is 13.0 Å². The van der Waals surface area contributed by atoms with E-state index in [9.17, 15) is 9.59 Å². The number of nitrogens with zero attached hydrogens (tertiary/aromatic N) is 1. The molecular formula is C11H18N2O3S. The summed E-state index contributed by atoms with van der Waals surface area (Å²) in [6, 6.07) is -0.437. The molecule has 0 spiro atoms. The number of allylic oxidation sites excluding steroid dienone is 1. The van der Waals surface area contributed by atoms with Gasteiger partial charge in [-0.05, 0) is 13.3 Å². The molecule has 1 saturated heterocycles. The minimum absolute atomic E-state index is 0.0758. The molecular weight excluding hydrogens is 240 g/mol. The number of hydroxylamine groups is 1. The van der Waals surface area contributed by atoms with Crippen molar-refractivity contribution in [1.29, 1.82) is 0 Å². The highest BCUT2D eigenvalue weighted by Gasteiger charge is 2.34. The Bertz CT molecular complexity index is 331. The standard InChI is InChI=1S/C11H18N2O3S/c1-4-5-8(2)11(15)13-7-17-6-9(13)10(14)12-16-3/h5,9H,4,6-7H2,1-3H3,(H,12,14)/b8-5+. The second-order valence-electron chi connectivity index (χ2n) is 3.76. The molecule has 0 radical (unpaired) electrons. The predicted molar refractivity (Wildman–Crippen MR) is 67.2 cm³/mol. The first kappa shape index (κ1) is 14.1. The number of rotatable bonds is 4. The van der Waals surface area contributed by atoms with Crippen molar-refractivity contribution in [1.82, 2.24) is 10.4 Å². The van der Waals surface area contributed by atoms with Gasteiger partial charge < -0.3 is 4.90 Å². The maximum Gasteiger partial charge on any atom is 0.267 e. The first-order valence-electron chi connectivity index (χ1n) is 5.50. The number of carbonyl (C=O) groups excluding carboxylic acids is 2. The third-order valence-corrected chi connectivity index (χ3v) is 3.51. The normalized spacial score (nSPS) is 20.5. The highest BCUT2D eigenvalue weighted by molar-refractivity contribution is 7.99. The quantitative estimate of drug-likeness (QED) is 0.602. The van der Waals surface area contributed by atoms with Gasteiger partial charge >= 0.3 is 0 Å². The van der Waals surface area contributed by atoms with Crippen molar-refractivity contribution in [3.05, 3.63) is 11.6 Å². The fourth-order valence-corrected chi connectivity index (χ4v) is 2.80. The molecule has 1 unspecified atom stereocenters. The van der Waals surface area contributed by atoms with Crippen LogP contribution in [0.4, 0.5) is 0 Å². The summed E-state index contributed by atoms with van der Waals surface area (Å²) in [7, 11) is 1.38. The van der Waals surface area contributed by atoms with E-state index in [1.54, 1.807) is 23.6 Å². The Morgan fingerprint density at radius 1 is 1.59 bits per heavy atom. The minimum atomic E-state index is -0.437. The summed E-state index contributed by atoms with van der Waals surface area (Å²) in [6.07, 6.45) is 2.68. The van der Waals surface area contributed by atoms with E-state index < -0.39 is 6.04 Å². The zero-order chi connectivity index (χ0) is 12.8. The first-order valence-corrected chi connectivity index (χ1v) is 6.65. The Balaban J connectivity index is 2.72. The second kappa shape index (κ2) is 6.66. The lowest BCUT2D eigenvalue weighted by molar-refractivity contribution is -0.141. The number of nitrogens with one attached hydrogen (secondary N) is 1. The molecule has 1 fully saturated rings. The number of thioether (sulfide) groups is 1. The average molecular weight is 258 g/mol. The molecule has 0 aromatic rings. The number of carbonyl (C=O) groups is 2. The van der Waals surface area contributed by atoms with Gasteiger partial charge in [-0.25, -0.2) is 5.48 Å². The minimum Gasteiger partial charge on any atom is -0.317 e. The van der Waals surface area contributed by atoms with Crippen LogP contribution in [0.5, 0.6) is 0 Å². The molecule has 96 valence electrons. The molecule has 1 N–H and O–H groups in total. The Morgan fingerprint density at radius 2 is 2.29 bits per heavy atom. The predicted octanol–water partition coefficient (Wildman–Crippen LogP) is 0.922. The molecule has 17 heavy (non-hydrogen) atoms. The monoisotopic (exact) mass is 258 g/mol. The molecule has 5 nitrogen and oxygen atoms in total. The van der Waals surface area contributed by atoms with Gasteiger partial charge in [-0.3, -0.25) is 14.4 Å². The number of hydrogen-bond acceptors (Lipinski definition) is 4. The van der Waals surface area contributed by atoms with Crippen molar-refractivity contribution in [2.24, 2.45) is 0 Å². The van der Waals surface area contributed by atoms with Gasteiger partial charge in [-0.15, -0.1) is 11.8 Å². The van der Waals surface area contributed by atoms with E-state index in [4.69, 9.17) is 0 Å². The third-order valence-electron chi connectivity index (χ3n) is 2.50. The van der Waals surface area contributed by atoms with E-state index in [1.165, 1.54) is 7.11 Å². The van der Waals surface area contributed by atoms with Gasteiger partial charge in [0.15, 0.2) is 0 Å². The molecule has 0 aromatic carbocycles. The van der Waals surface area contributed by atoms with Crippen LogP contribution < -0.4 is 5.48 Å². The smallest absolute Gasteiger partial charge is 0.267 e. The topological polar surface area (TPSA) is 58.6 Å². The van der Waals surface area contributed by atoms with E-state index in [0.29, 0.717) is 17.2 Å². The molecule has 0 aliphatic carbocycles. The molecule has 0 saturated carbocycles. The Kier molecular flexibility index (Phi) is 5.50. The van der Waals surface area contributed by atoms with Crippen molar-refractivity contribution < 1.29 is 14.4 Å². The summed E-state index contributed by atoms with van der Waals surface area (Å²) in [5, 5.41) is 0. The van der Waals surface area contributed by atoms with Crippen LogP contribution >= 0.6 is 11.8 Å². The first-order chi connectivity index (χ1) is 8.11. The highest BCUT2D eigenvalue weighted by Crippen LogP contribution is 2.23. The van der Waals surface area contributed by atoms with Crippen LogP contribution in [0.15, 0.2) is 11.6 Å². The summed E-state index contributed by atoms with van der Waals surface area (Å²) in [4.78, 5) is 29.9. The van der Waals surface area contributed by atoms with Crippen molar-refractivity contribution in [2.45, 2.75) is 26.3 Å². The Labute approximate surface area is 106 Å². The van der Waals surface area contributed by atoms with Crippen molar-refractivity contribution in [2.75, 3.05) is 18.7 Å². The fraction of sp³-hybridized carbons (Fsp3) is 0.636. The van der Waals surface area contributed by atoms with Gasteiger partial charge in [0.25, 0.3) is 11.8 Å². The molecule has 0 bridgehead atoms. The summed E-state index contributed by atoms with van der Waals surface area (Å²) in [5.41, 5.74) is 2.96. The molecule has 1 aliphatic rings. The molecule has 0 aromatic heterocycles. The largest absolute Gasteiger partial charge is 0.317 e. The molecule has 1 rings (SSSR count). The number of amides is 2. The van der Waals surface area contributed by atoms with Crippen LogP contribution in [0.1, 0.15) is 20.3 Å². The highest BCUT2D eigenvalue weighted by atomic mass is 32.2. The van der Waals surface area contributed by atoms with E-state index >= 15 is 0 Å². The van der Waals surface area contributed by atoms with Gasteiger partial charge in [0.1, 0.15) is 6.04 Å². The van der Waals surface area contributed by atoms with Crippen LogP contribution in [0, 0.1) is 0 Å². The van der Waals surface area contributed by atoms with Crippen LogP contribution in [0.3, 0.4) is 0 Å². The van der Waals surface area contributed by atoms with Gasteiger partial charge in [0.05, 0.1) is 13.0 Å². The summed E-state index contributed by atoms with van der Waals surface area (Å²) >= 11 is 1.57.